The fourth-order valence-electron chi connectivity index (χ4n) is 1.49. The average molecular weight is 182 g/mol. The van der Waals surface area contributed by atoms with Gasteiger partial charge in [-0.1, -0.05) is 52.5 Å². The van der Waals surface area contributed by atoms with Crippen molar-refractivity contribution in [3.63, 3.8) is 0 Å². The van der Waals surface area contributed by atoms with Crippen LogP contribution in [-0.4, -0.2) is 10.7 Å². The largest absolute Gasteiger partial charge is 0.389 e. The predicted molar refractivity (Wildman–Crippen MR) is 58.6 cm³/mol. The molecular formula is C12H22O. The zero-order chi connectivity index (χ0) is 10.5. The predicted octanol–water partition coefficient (Wildman–Crippen LogP) is 3.16. The molecular weight excluding hydrogens is 160 g/mol. The fourth-order valence-corrected chi connectivity index (χ4v) is 1.49. The van der Waals surface area contributed by atoms with Gasteiger partial charge in [-0.15, -0.1) is 0 Å². The van der Waals surface area contributed by atoms with Gasteiger partial charge in [0.25, 0.3) is 0 Å². The Hall–Kier alpha value is -0.560. The second-order valence-corrected chi connectivity index (χ2v) is 4.17. The van der Waals surface area contributed by atoms with Crippen LogP contribution in [-0.2, 0) is 0 Å². The molecule has 0 heterocycles. The topological polar surface area (TPSA) is 20.2 Å². The summed E-state index contributed by atoms with van der Waals surface area (Å²) in [6.45, 7) is 11.8. The molecule has 0 amide bonds. The first kappa shape index (κ1) is 12.4. The van der Waals surface area contributed by atoms with E-state index in [0.29, 0.717) is 6.42 Å². The van der Waals surface area contributed by atoms with Gasteiger partial charge in [-0.2, -0.15) is 0 Å². The Balaban J connectivity index is 4.42. The molecule has 0 fully saturated rings. The third-order valence-electron chi connectivity index (χ3n) is 2.72. The van der Waals surface area contributed by atoms with Crippen molar-refractivity contribution in [1.29, 1.82) is 0 Å². The summed E-state index contributed by atoms with van der Waals surface area (Å²) in [4.78, 5) is 0. The first-order valence-corrected chi connectivity index (χ1v) is 4.95. The van der Waals surface area contributed by atoms with E-state index in [4.69, 9.17) is 0 Å². The number of hydrogen-bond donors (Lipinski definition) is 1. The van der Waals surface area contributed by atoms with Gasteiger partial charge in [0.15, 0.2) is 0 Å². The van der Waals surface area contributed by atoms with Crippen molar-refractivity contribution in [2.45, 2.75) is 39.7 Å². The van der Waals surface area contributed by atoms with Crippen LogP contribution in [0.15, 0.2) is 24.8 Å². The highest BCUT2D eigenvalue weighted by atomic mass is 16.3. The minimum atomic E-state index is -0.584. The molecule has 0 aliphatic carbocycles. The summed E-state index contributed by atoms with van der Waals surface area (Å²) in [6, 6.07) is 0. The molecule has 0 aromatic carbocycles. The molecule has 0 unspecified atom stereocenters. The number of allylic oxidation sites excluding steroid dienone is 2. The smallest absolute Gasteiger partial charge is 0.0727 e. The van der Waals surface area contributed by atoms with Crippen LogP contribution in [0.3, 0.4) is 0 Å². The van der Waals surface area contributed by atoms with E-state index in [1.807, 2.05) is 12.2 Å². The number of aliphatic hydroxyl groups is 1. The molecule has 1 heteroatoms. The molecule has 13 heavy (non-hydrogen) atoms. The lowest BCUT2D eigenvalue weighted by Crippen LogP contribution is -2.40. The Bertz CT molecular complexity index is 170. The lowest BCUT2D eigenvalue weighted by atomic mass is 9.78. The van der Waals surface area contributed by atoms with Crippen LogP contribution in [0, 0.1) is 11.8 Å². The Labute approximate surface area is 82.2 Å². The van der Waals surface area contributed by atoms with Crippen molar-refractivity contribution in [2.24, 2.45) is 11.8 Å². The molecule has 0 saturated carbocycles. The summed E-state index contributed by atoms with van der Waals surface area (Å²) in [7, 11) is 0. The third-order valence-corrected chi connectivity index (χ3v) is 2.72. The van der Waals surface area contributed by atoms with Gasteiger partial charge in [-0.05, 0) is 18.3 Å². The van der Waals surface area contributed by atoms with E-state index in [9.17, 15) is 5.11 Å². The molecule has 0 bridgehead atoms. The van der Waals surface area contributed by atoms with E-state index in [-0.39, 0.29) is 11.8 Å². The van der Waals surface area contributed by atoms with Crippen LogP contribution in [0.1, 0.15) is 34.1 Å². The second-order valence-electron chi connectivity index (χ2n) is 4.17. The first-order valence-electron chi connectivity index (χ1n) is 4.95. The van der Waals surface area contributed by atoms with E-state index in [1.54, 1.807) is 6.08 Å². The van der Waals surface area contributed by atoms with Crippen molar-refractivity contribution < 1.29 is 5.11 Å². The van der Waals surface area contributed by atoms with E-state index in [2.05, 4.69) is 34.3 Å². The van der Waals surface area contributed by atoms with Crippen LogP contribution in [0.5, 0.6) is 0 Å². The minimum absolute atomic E-state index is 0.280. The Morgan fingerprint density at radius 3 is 2.00 bits per heavy atom. The maximum Gasteiger partial charge on any atom is 0.0727 e. The average Bonchev–Trinajstić information content (AvgIpc) is 2.03. The van der Waals surface area contributed by atoms with E-state index >= 15 is 0 Å². The van der Waals surface area contributed by atoms with Gasteiger partial charge in [0.1, 0.15) is 0 Å². The van der Waals surface area contributed by atoms with Crippen LogP contribution in [0.25, 0.3) is 0 Å². The Kier molecular flexibility index (Phi) is 5.01. The molecule has 0 aromatic rings. The number of hydrogen-bond acceptors (Lipinski definition) is 1. The highest BCUT2D eigenvalue weighted by Gasteiger charge is 2.32. The molecule has 0 rings (SSSR count). The van der Waals surface area contributed by atoms with Crippen LogP contribution in [0.2, 0.25) is 0 Å². The van der Waals surface area contributed by atoms with E-state index < -0.39 is 5.60 Å². The maximum absolute atomic E-state index is 10.3. The van der Waals surface area contributed by atoms with Crippen LogP contribution in [0.4, 0.5) is 0 Å². The highest BCUT2D eigenvalue weighted by molar-refractivity contribution is 5.02. The Morgan fingerprint density at radius 2 is 1.69 bits per heavy atom. The maximum atomic E-state index is 10.3. The van der Waals surface area contributed by atoms with Crippen LogP contribution < -0.4 is 0 Å². The highest BCUT2D eigenvalue weighted by Crippen LogP contribution is 2.29. The standard InChI is InChI=1S/C12H22O/c1-6-7-8-9-12(13,10(2)3)11(4)5/h6-8,10-11,13H,1,9H2,2-5H3. The van der Waals surface area contributed by atoms with Gasteiger partial charge in [0.2, 0.25) is 0 Å². The van der Waals surface area contributed by atoms with E-state index in [0.717, 1.165) is 0 Å². The Morgan fingerprint density at radius 1 is 1.23 bits per heavy atom. The molecule has 0 aliphatic rings. The molecule has 0 spiro atoms. The molecule has 0 aromatic heterocycles. The van der Waals surface area contributed by atoms with Gasteiger partial charge < -0.3 is 5.11 Å². The summed E-state index contributed by atoms with van der Waals surface area (Å²) in [5.41, 5.74) is -0.584. The summed E-state index contributed by atoms with van der Waals surface area (Å²) in [5.74, 6) is 0.559. The molecule has 0 aliphatic heterocycles. The first-order chi connectivity index (χ1) is 5.95. The van der Waals surface area contributed by atoms with Crippen molar-refractivity contribution >= 4 is 0 Å². The summed E-state index contributed by atoms with van der Waals surface area (Å²) < 4.78 is 0. The van der Waals surface area contributed by atoms with Crippen molar-refractivity contribution in [3.8, 4) is 0 Å². The van der Waals surface area contributed by atoms with Gasteiger partial charge in [0, 0.05) is 0 Å². The quantitative estimate of drug-likeness (QED) is 0.647. The van der Waals surface area contributed by atoms with Gasteiger partial charge >= 0.3 is 0 Å². The summed E-state index contributed by atoms with van der Waals surface area (Å²) in [6.07, 6.45) is 6.30. The van der Waals surface area contributed by atoms with Gasteiger partial charge in [-0.3, -0.25) is 0 Å². The zero-order valence-electron chi connectivity index (χ0n) is 9.25. The van der Waals surface area contributed by atoms with Crippen LogP contribution >= 0.6 is 0 Å². The monoisotopic (exact) mass is 182 g/mol. The second kappa shape index (κ2) is 5.23. The molecule has 0 atom stereocenters. The molecule has 1 nitrogen and oxygen atoms in total. The third kappa shape index (κ3) is 3.35. The number of rotatable bonds is 5. The van der Waals surface area contributed by atoms with E-state index in [1.165, 1.54) is 0 Å². The molecule has 0 radical (unpaired) electrons. The lowest BCUT2D eigenvalue weighted by molar-refractivity contribution is -0.0439. The summed E-state index contributed by atoms with van der Waals surface area (Å²) in [5, 5.41) is 10.3. The minimum Gasteiger partial charge on any atom is -0.389 e. The van der Waals surface area contributed by atoms with Gasteiger partial charge in [0.05, 0.1) is 5.60 Å². The SMILES string of the molecule is C=CC=CCC(O)(C(C)C)C(C)C. The zero-order valence-corrected chi connectivity index (χ0v) is 9.25. The van der Waals surface area contributed by atoms with Crippen molar-refractivity contribution in [1.82, 2.24) is 0 Å². The lowest BCUT2D eigenvalue weighted by Gasteiger charge is -2.35. The summed E-state index contributed by atoms with van der Waals surface area (Å²) >= 11 is 0. The normalized spacial score (nSPS) is 13.2. The van der Waals surface area contributed by atoms with Crippen molar-refractivity contribution in [3.05, 3.63) is 24.8 Å². The fraction of sp³-hybridized carbons (Fsp3) is 0.667. The molecule has 0 saturated heterocycles. The molecule has 76 valence electrons. The van der Waals surface area contributed by atoms with Gasteiger partial charge in [-0.25, -0.2) is 0 Å². The van der Waals surface area contributed by atoms with Crippen molar-refractivity contribution in [2.75, 3.05) is 0 Å². The molecule has 1 N–H and O–H groups in total.